The van der Waals surface area contributed by atoms with Crippen LogP contribution in [-0.2, 0) is 11.3 Å². The normalized spacial score (nSPS) is 12.4. The zero-order chi connectivity index (χ0) is 13.8. The van der Waals surface area contributed by atoms with Crippen LogP contribution >= 0.6 is 0 Å². The average molecular weight is 257 g/mol. The van der Waals surface area contributed by atoms with Crippen LogP contribution in [0, 0.1) is 6.92 Å². The predicted molar refractivity (Wildman–Crippen MR) is 76.8 cm³/mol. The van der Waals surface area contributed by atoms with Gasteiger partial charge in [-0.15, -0.1) is 0 Å². The van der Waals surface area contributed by atoms with Crippen molar-refractivity contribution in [2.45, 2.75) is 26.4 Å². The van der Waals surface area contributed by atoms with Gasteiger partial charge >= 0.3 is 0 Å². The highest BCUT2D eigenvalue weighted by Gasteiger charge is 2.09. The lowest BCUT2D eigenvalue weighted by molar-refractivity contribution is -0.122. The fourth-order valence-electron chi connectivity index (χ4n) is 1.97. The Morgan fingerprint density at radius 2 is 2.11 bits per heavy atom. The van der Waals surface area contributed by atoms with Crippen molar-refractivity contribution in [1.82, 2.24) is 15.6 Å². The molecule has 0 saturated heterocycles. The van der Waals surface area contributed by atoms with E-state index in [9.17, 15) is 4.79 Å². The molecule has 0 saturated carbocycles. The molecule has 0 spiro atoms. The summed E-state index contributed by atoms with van der Waals surface area (Å²) in [6.07, 6.45) is 0. The molecule has 2 rings (SSSR count). The van der Waals surface area contributed by atoms with Crippen molar-refractivity contribution in [2.24, 2.45) is 0 Å². The van der Waals surface area contributed by atoms with Crippen molar-refractivity contribution >= 4 is 16.8 Å². The minimum absolute atomic E-state index is 0.00178. The Morgan fingerprint density at radius 3 is 2.84 bits per heavy atom. The molecule has 4 nitrogen and oxygen atoms in total. The molecular weight excluding hydrogens is 238 g/mol. The second-order valence-corrected chi connectivity index (χ2v) is 4.70. The molecule has 0 fully saturated rings. The van der Waals surface area contributed by atoms with Crippen LogP contribution in [0.15, 0.2) is 30.3 Å². The van der Waals surface area contributed by atoms with Crippen LogP contribution in [0.25, 0.3) is 10.9 Å². The van der Waals surface area contributed by atoms with Gasteiger partial charge in [0.2, 0.25) is 5.91 Å². The van der Waals surface area contributed by atoms with E-state index in [1.807, 2.05) is 32.0 Å². The summed E-state index contributed by atoms with van der Waals surface area (Å²) in [6, 6.07) is 10.0. The molecule has 0 aliphatic heterocycles. The number of rotatable bonds is 4. The molecule has 0 radical (unpaired) electrons. The Labute approximate surface area is 113 Å². The topological polar surface area (TPSA) is 54.0 Å². The number of likely N-dealkylation sites (N-methyl/N-ethyl adjacent to an activating group) is 1. The number of nitrogens with zero attached hydrogens (tertiary/aromatic N) is 1. The third-order valence-electron chi connectivity index (χ3n) is 3.14. The SMILES string of the molecule is CNC(=O)C(C)NCc1ccc2nc(C)ccc2c1. The number of fused-ring (bicyclic) bond motifs is 1. The smallest absolute Gasteiger partial charge is 0.236 e. The number of benzene rings is 1. The summed E-state index contributed by atoms with van der Waals surface area (Å²) in [7, 11) is 1.64. The van der Waals surface area contributed by atoms with Gasteiger partial charge < -0.3 is 10.6 Å². The lowest BCUT2D eigenvalue weighted by atomic mass is 10.1. The molecule has 0 bridgehead atoms. The van der Waals surface area contributed by atoms with Crippen molar-refractivity contribution in [3.8, 4) is 0 Å². The fraction of sp³-hybridized carbons (Fsp3) is 0.333. The molecular formula is C15H19N3O. The summed E-state index contributed by atoms with van der Waals surface area (Å²) in [5, 5.41) is 6.94. The van der Waals surface area contributed by atoms with Crippen molar-refractivity contribution in [3.05, 3.63) is 41.6 Å². The van der Waals surface area contributed by atoms with E-state index in [0.29, 0.717) is 6.54 Å². The summed E-state index contributed by atoms with van der Waals surface area (Å²) in [6.45, 7) is 4.50. The Hall–Kier alpha value is -1.94. The highest BCUT2D eigenvalue weighted by atomic mass is 16.2. The number of aryl methyl sites for hydroxylation is 1. The van der Waals surface area contributed by atoms with Gasteiger partial charge in [-0.3, -0.25) is 9.78 Å². The highest BCUT2D eigenvalue weighted by Crippen LogP contribution is 2.14. The molecule has 2 N–H and O–H groups in total. The molecule has 0 aliphatic rings. The first-order chi connectivity index (χ1) is 9.10. The molecule has 1 aromatic carbocycles. The van der Waals surface area contributed by atoms with Crippen LogP contribution < -0.4 is 10.6 Å². The van der Waals surface area contributed by atoms with Crippen molar-refractivity contribution in [1.29, 1.82) is 0 Å². The molecule has 1 amide bonds. The summed E-state index contributed by atoms with van der Waals surface area (Å²) < 4.78 is 0. The van der Waals surface area contributed by atoms with E-state index in [4.69, 9.17) is 0 Å². The number of carbonyl (C=O) groups is 1. The van der Waals surface area contributed by atoms with Gasteiger partial charge in [-0.1, -0.05) is 12.1 Å². The van der Waals surface area contributed by atoms with E-state index < -0.39 is 0 Å². The van der Waals surface area contributed by atoms with Crippen LogP contribution in [0.1, 0.15) is 18.2 Å². The first-order valence-electron chi connectivity index (χ1n) is 6.41. The fourth-order valence-corrected chi connectivity index (χ4v) is 1.97. The number of amides is 1. The number of nitrogens with one attached hydrogen (secondary N) is 2. The van der Waals surface area contributed by atoms with Crippen molar-refractivity contribution in [3.63, 3.8) is 0 Å². The quantitative estimate of drug-likeness (QED) is 0.877. The number of carbonyl (C=O) groups excluding carboxylic acids is 1. The summed E-state index contributed by atoms with van der Waals surface area (Å²) >= 11 is 0. The van der Waals surface area contributed by atoms with E-state index >= 15 is 0 Å². The Kier molecular flexibility index (Phi) is 4.12. The Morgan fingerprint density at radius 1 is 1.32 bits per heavy atom. The minimum atomic E-state index is -0.197. The molecule has 0 aliphatic carbocycles. The molecule has 1 atom stereocenters. The predicted octanol–water partition coefficient (Wildman–Crippen LogP) is 1.77. The number of aromatic nitrogens is 1. The monoisotopic (exact) mass is 257 g/mol. The average Bonchev–Trinajstić information content (AvgIpc) is 2.43. The number of hydrogen-bond donors (Lipinski definition) is 2. The maximum absolute atomic E-state index is 11.4. The largest absolute Gasteiger partial charge is 0.358 e. The van der Waals surface area contributed by atoms with Crippen LogP contribution in [0.2, 0.25) is 0 Å². The zero-order valence-electron chi connectivity index (χ0n) is 11.5. The highest BCUT2D eigenvalue weighted by molar-refractivity contribution is 5.81. The van der Waals surface area contributed by atoms with E-state index in [0.717, 1.165) is 22.2 Å². The first kappa shape index (κ1) is 13.5. The Balaban J connectivity index is 2.09. The number of pyridine rings is 1. The first-order valence-corrected chi connectivity index (χ1v) is 6.41. The second-order valence-electron chi connectivity index (χ2n) is 4.70. The van der Waals surface area contributed by atoms with Gasteiger partial charge in [0.15, 0.2) is 0 Å². The third-order valence-corrected chi connectivity index (χ3v) is 3.14. The molecule has 100 valence electrons. The molecule has 2 aromatic rings. The van der Waals surface area contributed by atoms with Gasteiger partial charge in [0, 0.05) is 24.7 Å². The Bertz CT molecular complexity index is 595. The maximum atomic E-state index is 11.4. The van der Waals surface area contributed by atoms with E-state index in [2.05, 4.69) is 27.8 Å². The standard InChI is InChI=1S/C15H19N3O/c1-10-4-6-13-8-12(5-7-14(13)18-10)9-17-11(2)15(19)16-3/h4-8,11,17H,9H2,1-3H3,(H,16,19). The van der Waals surface area contributed by atoms with Crippen LogP contribution in [0.5, 0.6) is 0 Å². The second kappa shape index (κ2) is 5.80. The van der Waals surface area contributed by atoms with E-state index in [1.54, 1.807) is 7.05 Å². The van der Waals surface area contributed by atoms with Crippen molar-refractivity contribution in [2.75, 3.05) is 7.05 Å². The van der Waals surface area contributed by atoms with E-state index in [1.165, 1.54) is 0 Å². The van der Waals surface area contributed by atoms with Gasteiger partial charge in [-0.05, 0) is 37.6 Å². The van der Waals surface area contributed by atoms with E-state index in [-0.39, 0.29) is 11.9 Å². The molecule has 1 heterocycles. The van der Waals surface area contributed by atoms with Crippen LogP contribution in [0.4, 0.5) is 0 Å². The van der Waals surface area contributed by atoms with Crippen LogP contribution in [-0.4, -0.2) is 24.0 Å². The van der Waals surface area contributed by atoms with Crippen LogP contribution in [0.3, 0.4) is 0 Å². The molecule has 4 heteroatoms. The summed E-state index contributed by atoms with van der Waals surface area (Å²) in [5.41, 5.74) is 3.17. The summed E-state index contributed by atoms with van der Waals surface area (Å²) in [4.78, 5) is 15.9. The number of hydrogen-bond acceptors (Lipinski definition) is 3. The van der Waals surface area contributed by atoms with Gasteiger partial charge in [-0.2, -0.15) is 0 Å². The van der Waals surface area contributed by atoms with Gasteiger partial charge in [0.25, 0.3) is 0 Å². The third kappa shape index (κ3) is 3.29. The minimum Gasteiger partial charge on any atom is -0.358 e. The van der Waals surface area contributed by atoms with Gasteiger partial charge in [-0.25, -0.2) is 0 Å². The summed E-state index contributed by atoms with van der Waals surface area (Å²) in [5.74, 6) is -0.00178. The zero-order valence-corrected chi connectivity index (χ0v) is 11.5. The van der Waals surface area contributed by atoms with Gasteiger partial charge in [0.05, 0.1) is 11.6 Å². The molecule has 19 heavy (non-hydrogen) atoms. The van der Waals surface area contributed by atoms with Crippen molar-refractivity contribution < 1.29 is 4.79 Å². The lowest BCUT2D eigenvalue weighted by Gasteiger charge is -2.12. The molecule has 1 aromatic heterocycles. The lowest BCUT2D eigenvalue weighted by Crippen LogP contribution is -2.40. The maximum Gasteiger partial charge on any atom is 0.236 e. The molecule has 1 unspecified atom stereocenters. The van der Waals surface area contributed by atoms with Gasteiger partial charge in [0.1, 0.15) is 0 Å².